The van der Waals surface area contributed by atoms with E-state index in [1.54, 1.807) is 6.08 Å². The lowest BCUT2D eigenvalue weighted by Gasteiger charge is -2.50. The Morgan fingerprint density at radius 2 is 1.07 bits per heavy atom. The standard InChI is InChI=1S/C62H96O34/c1-82-36-14-26(15-37(83-2)47(36)73)7-13-43(69)95-57-46(72)33(67)22-87-61(57)96-58-53(79)50(76)41(23-85-42(68)12-6-25-4-9-29(10-5-25)88-59-54(80)51(77)48(74)39(21-63)92-59)94-62(58)91-38-19-30-34(89-56(38)27-8-11-31(65)32(66)16-27)17-28(64)18-35(30)90-60-55(81)52(78)49(75)40(93-60)24-86-45(71)20-44(70)84-3/h6-7,12-13,25-41,46-67,72-81H,4-5,8-11,14-24H2,1-3H3/p+1/t25?,26?,27?,28?,29?,30?,31?,32?,33-,34?,35?,36?,37?,38?,39-,40-,41-,46+,47?,48-,49-,50-,51+,52+,53+,54-,55-,56?,57-,58-,59-,60-,61+,62-/m1/s1. The van der Waals surface area contributed by atoms with E-state index in [2.05, 4.69) is 4.74 Å². The quantitative estimate of drug-likeness (QED) is 0.0149. The fourth-order valence-electron chi connectivity index (χ4n) is 14.5. The molecule has 11 unspecified atom stereocenters. The second kappa shape index (κ2) is 34.8. The zero-order valence-electron chi connectivity index (χ0n) is 53.5. The van der Waals surface area contributed by atoms with Crippen LogP contribution >= 0.6 is 0 Å². The Hall–Kier alpha value is -3.68. The highest BCUT2D eigenvalue weighted by Crippen LogP contribution is 2.45. The predicted molar refractivity (Wildman–Crippen MR) is 314 cm³/mol. The number of methoxy groups -OCH3 is 3. The Balaban J connectivity index is 0.948. The van der Waals surface area contributed by atoms with Gasteiger partial charge in [-0.1, -0.05) is 12.2 Å². The summed E-state index contributed by atoms with van der Waals surface area (Å²) < 4.78 is 86.3. The van der Waals surface area contributed by atoms with Crippen molar-refractivity contribution in [2.75, 3.05) is 47.8 Å². The molecule has 34 nitrogen and oxygen atoms in total. The van der Waals surface area contributed by atoms with Crippen molar-refractivity contribution in [2.45, 2.75) is 267 Å². The van der Waals surface area contributed by atoms with Gasteiger partial charge in [0.2, 0.25) is 0 Å². The van der Waals surface area contributed by atoms with Crippen LogP contribution in [0, 0.1) is 23.7 Å². The monoisotopic (exact) mass is 1390 g/mol. The lowest BCUT2D eigenvalue weighted by molar-refractivity contribution is -0.385. The normalized spacial score (nSPS) is 46.4. The van der Waals surface area contributed by atoms with Crippen LogP contribution in [0.25, 0.3) is 0 Å². The zero-order chi connectivity index (χ0) is 69.4. The molecule has 30 atom stereocenters. The highest BCUT2D eigenvalue weighted by atomic mass is 16.8. The predicted octanol–water partition coefficient (Wildman–Crippen LogP) is -6.71. The van der Waals surface area contributed by atoms with E-state index in [0.717, 1.165) is 13.2 Å². The van der Waals surface area contributed by atoms with E-state index in [4.69, 9.17) is 66.3 Å². The van der Waals surface area contributed by atoms with Crippen molar-refractivity contribution in [3.05, 3.63) is 24.3 Å². The van der Waals surface area contributed by atoms with Crippen molar-refractivity contribution in [1.82, 2.24) is 0 Å². The summed E-state index contributed by atoms with van der Waals surface area (Å²) in [6.07, 6.45) is -35.5. The molecule has 548 valence electrons. The maximum Gasteiger partial charge on any atom is 0.330 e. The van der Waals surface area contributed by atoms with E-state index in [0.29, 0.717) is 38.5 Å². The van der Waals surface area contributed by atoms with E-state index in [1.807, 2.05) is 0 Å². The molecular weight excluding hydrogens is 1290 g/mol. The van der Waals surface area contributed by atoms with Crippen molar-refractivity contribution >= 4 is 23.9 Å². The molecule has 9 rings (SSSR count). The highest BCUT2D eigenvalue weighted by Gasteiger charge is 2.59. The molecule has 0 aromatic carbocycles. The lowest BCUT2D eigenvalue weighted by atomic mass is 9.72. The summed E-state index contributed by atoms with van der Waals surface area (Å²) in [6, 6.07) is 0. The largest absolute Gasteiger partial charge is 0.469 e. The van der Waals surface area contributed by atoms with Crippen LogP contribution in [0.1, 0.15) is 83.5 Å². The van der Waals surface area contributed by atoms with Crippen molar-refractivity contribution < 1.29 is 167 Å². The molecular formula is C62H97O34+. The molecule has 96 heavy (non-hydrogen) atoms. The van der Waals surface area contributed by atoms with Crippen LogP contribution in [-0.2, 0) is 85.5 Å². The maximum atomic E-state index is 13.7. The summed E-state index contributed by atoms with van der Waals surface area (Å²) >= 11 is 0. The Morgan fingerprint density at radius 3 is 1.72 bits per heavy atom. The molecule has 9 fully saturated rings. The summed E-state index contributed by atoms with van der Waals surface area (Å²) in [7, 11) is 3.90. The molecule has 16 N–H and O–H groups in total. The van der Waals surface area contributed by atoms with E-state index in [-0.39, 0.29) is 50.4 Å². The first kappa shape index (κ1) is 76.5. The summed E-state index contributed by atoms with van der Waals surface area (Å²) in [5, 5.41) is 164. The van der Waals surface area contributed by atoms with Gasteiger partial charge in [-0.25, -0.2) is 9.59 Å². The van der Waals surface area contributed by atoms with E-state index >= 15 is 0 Å². The van der Waals surface area contributed by atoms with Crippen LogP contribution in [0.3, 0.4) is 0 Å². The summed E-state index contributed by atoms with van der Waals surface area (Å²) in [5.74, 6) is -5.75. The van der Waals surface area contributed by atoms with E-state index in [1.165, 1.54) is 26.4 Å². The van der Waals surface area contributed by atoms with Gasteiger partial charge < -0.3 is 148 Å². The van der Waals surface area contributed by atoms with Gasteiger partial charge in [0.05, 0.1) is 69.0 Å². The third kappa shape index (κ3) is 18.7. The number of esters is 4. The minimum atomic E-state index is -2.06. The number of fused-ring (bicyclic) bond motifs is 1. The SMILES string of the molecule is COC(=O)CC(=O)OC[C@H]1O[C@@H](OC2CC(O)CC3[OH+]C(C4CCC(O)C(O)C4)C(O[C@@H]4O[C@H](COC(=O)C=CC5CCC(O[C@@H]6O[C@H](CO)[C@@H](O)[C@H](O)[C@H]6O)CC5)[C@@H](O)[C@H](O)[C@H]4O[C@@H]4OC[C@@H](O)[C@H](O)[C@H]4OC(=O)C=CC4CC(OC)C(O)C(OC)C4)CC23)[C@H](O)[C@@H](O)[C@@H]1O. The number of ether oxygens (including phenoxy) is 15. The summed E-state index contributed by atoms with van der Waals surface area (Å²) in [6.45, 7) is -2.67. The van der Waals surface area contributed by atoms with E-state index in [9.17, 15) is 95.8 Å². The topological polar surface area (TPSA) is 514 Å². The molecule has 4 saturated carbocycles. The fourth-order valence-corrected chi connectivity index (χ4v) is 14.5. The maximum absolute atomic E-state index is 13.7. The molecule has 5 saturated heterocycles. The summed E-state index contributed by atoms with van der Waals surface area (Å²) in [5.41, 5.74) is 0. The summed E-state index contributed by atoms with van der Waals surface area (Å²) in [4.78, 5) is 51.3. The van der Waals surface area contributed by atoms with Crippen molar-refractivity contribution in [1.29, 1.82) is 0 Å². The first-order chi connectivity index (χ1) is 45.8. The van der Waals surface area contributed by atoms with Gasteiger partial charge in [0.25, 0.3) is 0 Å². The Morgan fingerprint density at radius 1 is 0.479 bits per heavy atom. The van der Waals surface area contributed by atoms with Gasteiger partial charge in [0.1, 0.15) is 117 Å². The lowest BCUT2D eigenvalue weighted by Crippen LogP contribution is -2.66. The number of hydrogen-bond acceptors (Lipinski definition) is 33. The van der Waals surface area contributed by atoms with Crippen LogP contribution in [-0.4, -0.2) is 337 Å². The smallest absolute Gasteiger partial charge is 0.330 e. The molecule has 9 aliphatic rings. The van der Waals surface area contributed by atoms with Crippen LogP contribution in [0.5, 0.6) is 0 Å². The van der Waals surface area contributed by atoms with Gasteiger partial charge in [0.15, 0.2) is 43.5 Å². The average molecular weight is 1390 g/mol. The van der Waals surface area contributed by atoms with Gasteiger partial charge in [0, 0.05) is 45.1 Å². The number of aliphatic hydroxyl groups is 17. The van der Waals surface area contributed by atoms with Crippen LogP contribution < -0.4 is 0 Å². The minimum absolute atomic E-state index is 0.000523. The Bertz CT molecular complexity index is 2530. The van der Waals surface area contributed by atoms with Gasteiger partial charge >= 0.3 is 23.9 Å². The Labute approximate surface area is 552 Å². The van der Waals surface area contributed by atoms with Crippen molar-refractivity contribution in [2.24, 2.45) is 23.7 Å². The molecule has 5 aliphatic heterocycles. The van der Waals surface area contributed by atoms with Crippen molar-refractivity contribution in [3.63, 3.8) is 0 Å². The third-order valence-corrected chi connectivity index (χ3v) is 20.1. The molecule has 0 aromatic heterocycles. The molecule has 5 heterocycles. The third-order valence-electron chi connectivity index (χ3n) is 20.1. The first-order valence-corrected chi connectivity index (χ1v) is 32.8. The molecule has 4 aliphatic carbocycles. The van der Waals surface area contributed by atoms with Crippen molar-refractivity contribution in [3.8, 4) is 0 Å². The molecule has 0 amide bonds. The molecule has 0 aromatic rings. The molecule has 0 spiro atoms. The van der Waals surface area contributed by atoms with Gasteiger partial charge in [-0.2, -0.15) is 0 Å². The number of aliphatic hydroxyl groups excluding tert-OH is 15. The van der Waals surface area contributed by atoms with Gasteiger partial charge in [-0.05, 0) is 76.0 Å². The van der Waals surface area contributed by atoms with E-state index < -0.39 is 252 Å². The molecule has 0 radical (unpaired) electrons. The number of rotatable bonds is 23. The number of carbonyl (C=O) groups excluding carboxylic acids is 4. The van der Waals surface area contributed by atoms with Gasteiger partial charge in [-0.15, -0.1) is 0 Å². The van der Waals surface area contributed by atoms with Crippen LogP contribution in [0.15, 0.2) is 24.3 Å². The molecule has 0 bridgehead atoms. The fraction of sp³-hybridized carbons (Fsp3) is 0.871. The zero-order valence-corrected chi connectivity index (χ0v) is 53.5. The number of allylic oxidation sites excluding steroid dienone is 2. The minimum Gasteiger partial charge on any atom is -0.469 e. The first-order valence-electron chi connectivity index (χ1n) is 32.8. The molecule has 34 heteroatoms. The number of carbonyl (C=O) groups is 4. The van der Waals surface area contributed by atoms with Crippen LogP contribution in [0.2, 0.25) is 0 Å². The van der Waals surface area contributed by atoms with Gasteiger partial charge in [-0.3, -0.25) is 9.59 Å². The van der Waals surface area contributed by atoms with Crippen LogP contribution in [0.4, 0.5) is 0 Å². The Kier molecular flexibility index (Phi) is 27.7. The average Bonchev–Trinajstić information content (AvgIpc) is 0.769. The second-order valence-electron chi connectivity index (χ2n) is 26.5. The second-order valence-corrected chi connectivity index (χ2v) is 26.5. The number of hydrogen-bond donors (Lipinski definition) is 15. The highest BCUT2D eigenvalue weighted by molar-refractivity contribution is 5.91.